The van der Waals surface area contributed by atoms with Crippen LogP contribution in [0.15, 0.2) is 54.6 Å². The summed E-state index contributed by atoms with van der Waals surface area (Å²) >= 11 is 0. The van der Waals surface area contributed by atoms with Crippen LogP contribution in [0.25, 0.3) is 11.0 Å². The molecular weight excluding hydrogens is 383 g/mol. The van der Waals surface area contributed by atoms with Crippen molar-refractivity contribution >= 4 is 17.1 Å². The lowest BCUT2D eigenvalue weighted by Crippen LogP contribution is -2.41. The van der Waals surface area contributed by atoms with Gasteiger partial charge in [-0.25, -0.2) is 9.78 Å². The average Bonchev–Trinajstić information content (AvgIpc) is 3.13. The summed E-state index contributed by atoms with van der Waals surface area (Å²) in [6, 6.07) is 15.3. The minimum absolute atomic E-state index is 0.128. The number of hydrogen-bond acceptors (Lipinski definition) is 3. The normalized spacial score (nSPS) is 17.5. The molecule has 152 valence electrons. The number of piperidine rings is 1. The van der Waals surface area contributed by atoms with Gasteiger partial charge in [0, 0.05) is 13.1 Å². The number of hydrogen-bond donors (Lipinski definition) is 0. The maximum Gasteiger partial charge on any atom is 0.449 e. The molecule has 0 bridgehead atoms. The van der Waals surface area contributed by atoms with E-state index in [1.54, 1.807) is 24.3 Å². The van der Waals surface area contributed by atoms with Crippen molar-refractivity contribution < 1.29 is 22.7 Å². The largest absolute Gasteiger partial charge is 0.449 e. The maximum absolute atomic E-state index is 13.6. The highest BCUT2D eigenvalue weighted by Gasteiger charge is 2.40. The van der Waals surface area contributed by atoms with E-state index < -0.39 is 24.1 Å². The van der Waals surface area contributed by atoms with Crippen molar-refractivity contribution in [2.75, 3.05) is 13.1 Å². The number of rotatable bonds is 3. The zero-order valence-corrected chi connectivity index (χ0v) is 15.6. The summed E-state index contributed by atoms with van der Waals surface area (Å²) in [5.41, 5.74) is 1.57. The molecule has 8 heteroatoms. The maximum atomic E-state index is 13.6. The molecule has 1 fully saturated rings. The van der Waals surface area contributed by atoms with Gasteiger partial charge < -0.3 is 14.2 Å². The van der Waals surface area contributed by atoms with Crippen molar-refractivity contribution in [3.05, 3.63) is 66.0 Å². The summed E-state index contributed by atoms with van der Waals surface area (Å²) in [7, 11) is 0. The first kappa shape index (κ1) is 19.3. The van der Waals surface area contributed by atoms with E-state index in [-0.39, 0.29) is 13.2 Å². The number of halogens is 3. The van der Waals surface area contributed by atoms with Gasteiger partial charge in [0.1, 0.15) is 6.61 Å². The fourth-order valence-corrected chi connectivity index (χ4v) is 3.76. The molecule has 0 spiro atoms. The first-order valence-corrected chi connectivity index (χ1v) is 9.43. The third-order valence-corrected chi connectivity index (χ3v) is 5.07. The van der Waals surface area contributed by atoms with E-state index in [4.69, 9.17) is 4.74 Å². The summed E-state index contributed by atoms with van der Waals surface area (Å²) in [6.07, 6.45) is -3.97. The smallest absolute Gasteiger partial charge is 0.445 e. The lowest BCUT2D eigenvalue weighted by atomic mass is 10.1. The fourth-order valence-electron chi connectivity index (χ4n) is 3.76. The van der Waals surface area contributed by atoms with E-state index in [1.165, 1.54) is 9.47 Å². The van der Waals surface area contributed by atoms with Crippen molar-refractivity contribution in [2.45, 2.75) is 31.7 Å². The van der Waals surface area contributed by atoms with Gasteiger partial charge >= 0.3 is 12.3 Å². The molecule has 0 aliphatic carbocycles. The van der Waals surface area contributed by atoms with Crippen LogP contribution in [0.2, 0.25) is 0 Å². The number of ether oxygens (including phenoxy) is 1. The zero-order valence-electron chi connectivity index (χ0n) is 15.6. The van der Waals surface area contributed by atoms with Crippen LogP contribution < -0.4 is 0 Å². The average molecular weight is 403 g/mol. The van der Waals surface area contributed by atoms with E-state index in [0.29, 0.717) is 30.4 Å². The molecule has 1 amide bonds. The topological polar surface area (TPSA) is 47.4 Å². The number of amides is 1. The molecule has 3 aromatic rings. The Morgan fingerprint density at radius 1 is 1.10 bits per heavy atom. The molecule has 0 N–H and O–H groups in total. The second kappa shape index (κ2) is 7.77. The van der Waals surface area contributed by atoms with Crippen LogP contribution in [0.4, 0.5) is 18.0 Å². The number of likely N-dealkylation sites (tertiary alicyclic amines) is 1. The van der Waals surface area contributed by atoms with Gasteiger partial charge in [0.2, 0.25) is 5.82 Å². The van der Waals surface area contributed by atoms with Gasteiger partial charge in [-0.2, -0.15) is 13.2 Å². The van der Waals surface area contributed by atoms with Crippen LogP contribution in [-0.4, -0.2) is 33.6 Å². The molecule has 0 radical (unpaired) electrons. The molecule has 29 heavy (non-hydrogen) atoms. The van der Waals surface area contributed by atoms with Crippen LogP contribution in [0, 0.1) is 0 Å². The predicted molar refractivity (Wildman–Crippen MR) is 101 cm³/mol. The van der Waals surface area contributed by atoms with E-state index in [9.17, 15) is 18.0 Å². The molecule has 4 rings (SSSR count). The summed E-state index contributed by atoms with van der Waals surface area (Å²) in [4.78, 5) is 17.8. The van der Waals surface area contributed by atoms with Crippen molar-refractivity contribution in [3.63, 3.8) is 0 Å². The molecule has 0 saturated carbocycles. The highest BCUT2D eigenvalue weighted by molar-refractivity contribution is 5.76. The number of para-hydroxylation sites is 2. The molecule has 1 saturated heterocycles. The van der Waals surface area contributed by atoms with Gasteiger partial charge in [0.15, 0.2) is 0 Å². The van der Waals surface area contributed by atoms with Crippen molar-refractivity contribution in [1.29, 1.82) is 0 Å². The van der Waals surface area contributed by atoms with E-state index in [2.05, 4.69) is 4.98 Å². The van der Waals surface area contributed by atoms with Gasteiger partial charge in [0.25, 0.3) is 0 Å². The first-order valence-electron chi connectivity index (χ1n) is 9.43. The number of alkyl halides is 3. The Morgan fingerprint density at radius 3 is 2.59 bits per heavy atom. The van der Waals surface area contributed by atoms with Gasteiger partial charge in [0.05, 0.1) is 17.1 Å². The molecule has 1 aliphatic rings. The molecular formula is C21H20F3N3O2. The lowest BCUT2D eigenvalue weighted by Gasteiger charge is -2.34. The second-order valence-corrected chi connectivity index (χ2v) is 7.07. The second-order valence-electron chi connectivity index (χ2n) is 7.07. The molecule has 1 atom stereocenters. The minimum atomic E-state index is -4.57. The Morgan fingerprint density at radius 2 is 1.83 bits per heavy atom. The van der Waals surface area contributed by atoms with Crippen LogP contribution in [0.3, 0.4) is 0 Å². The highest BCUT2D eigenvalue weighted by atomic mass is 19.4. The van der Waals surface area contributed by atoms with Crippen LogP contribution in [-0.2, 0) is 17.5 Å². The predicted octanol–water partition coefficient (Wildman–Crippen LogP) is 5.03. The Hall–Kier alpha value is -3.03. The molecule has 2 heterocycles. The van der Waals surface area contributed by atoms with Gasteiger partial charge in [-0.05, 0) is 30.5 Å². The van der Waals surface area contributed by atoms with Gasteiger partial charge in [-0.1, -0.05) is 42.5 Å². The molecule has 2 aromatic carbocycles. The molecule has 1 aliphatic heterocycles. The number of nitrogens with zero attached hydrogens (tertiary/aromatic N) is 3. The summed E-state index contributed by atoms with van der Waals surface area (Å²) in [5.74, 6) is -0.928. The van der Waals surface area contributed by atoms with Crippen molar-refractivity contribution in [3.8, 4) is 0 Å². The number of fused-ring (bicyclic) bond motifs is 1. The summed E-state index contributed by atoms with van der Waals surface area (Å²) < 4.78 is 47.4. The van der Waals surface area contributed by atoms with Gasteiger partial charge in [-0.3, -0.25) is 0 Å². The van der Waals surface area contributed by atoms with Crippen LogP contribution in [0.1, 0.15) is 30.3 Å². The Kier molecular flexibility index (Phi) is 5.17. The quantitative estimate of drug-likeness (QED) is 0.616. The Labute approximate surface area is 165 Å². The molecule has 5 nitrogen and oxygen atoms in total. The van der Waals surface area contributed by atoms with Crippen LogP contribution >= 0.6 is 0 Å². The zero-order chi connectivity index (χ0) is 20.4. The highest BCUT2D eigenvalue weighted by Crippen LogP contribution is 2.36. The molecule has 1 aromatic heterocycles. The van der Waals surface area contributed by atoms with Crippen molar-refractivity contribution in [2.24, 2.45) is 0 Å². The summed E-state index contributed by atoms with van der Waals surface area (Å²) in [5, 5.41) is 0. The third kappa shape index (κ3) is 4.06. The Bertz CT molecular complexity index is 1000. The third-order valence-electron chi connectivity index (χ3n) is 5.07. The van der Waals surface area contributed by atoms with Gasteiger partial charge in [-0.15, -0.1) is 0 Å². The lowest BCUT2D eigenvalue weighted by molar-refractivity contribution is -0.147. The fraction of sp³-hybridized carbons (Fsp3) is 0.333. The standard InChI is InChI=1S/C21H20F3N3O2/c22-21(23,24)19-25-17-10-4-5-11-18(17)27(19)16-9-6-12-26(13-16)20(28)29-14-15-7-2-1-3-8-15/h1-5,7-8,10-11,16H,6,9,12-14H2. The van der Waals surface area contributed by atoms with Crippen molar-refractivity contribution in [1.82, 2.24) is 14.5 Å². The monoisotopic (exact) mass is 403 g/mol. The molecule has 1 unspecified atom stereocenters. The summed E-state index contributed by atoms with van der Waals surface area (Å²) in [6.45, 7) is 0.734. The van der Waals surface area contributed by atoms with E-state index in [1.807, 2.05) is 30.3 Å². The number of benzene rings is 2. The number of carbonyl (C=O) groups excluding carboxylic acids is 1. The van der Waals surface area contributed by atoms with E-state index >= 15 is 0 Å². The first-order chi connectivity index (χ1) is 13.9. The number of carbonyl (C=O) groups is 1. The van der Waals surface area contributed by atoms with Crippen LogP contribution in [0.5, 0.6) is 0 Å². The number of imidazole rings is 1. The Balaban J connectivity index is 1.55. The van der Waals surface area contributed by atoms with E-state index in [0.717, 1.165) is 5.56 Å². The SMILES string of the molecule is O=C(OCc1ccccc1)N1CCCC(n2c(C(F)(F)F)nc3ccccc32)C1. The number of aromatic nitrogens is 2. The minimum Gasteiger partial charge on any atom is -0.445 e.